The Kier molecular flexibility index (Phi) is 7.30. The minimum Gasteiger partial charge on any atom is -0.367 e. The number of alkyl halides is 3. The van der Waals surface area contributed by atoms with Gasteiger partial charge in [0.1, 0.15) is 6.61 Å². The summed E-state index contributed by atoms with van der Waals surface area (Å²) in [6.45, 7) is -1.17. The van der Waals surface area contributed by atoms with Crippen LogP contribution in [0.15, 0.2) is 48.8 Å². The van der Waals surface area contributed by atoms with Gasteiger partial charge >= 0.3 is 18.0 Å². The average molecular weight is 381 g/mol. The number of rotatable bonds is 7. The van der Waals surface area contributed by atoms with Crippen molar-refractivity contribution in [3.05, 3.63) is 65.5 Å². The molecule has 1 heterocycles. The first-order valence-electron chi connectivity index (χ1n) is 8.01. The highest BCUT2D eigenvalue weighted by Gasteiger charge is 2.27. The van der Waals surface area contributed by atoms with Crippen molar-refractivity contribution in [2.75, 3.05) is 6.61 Å². The van der Waals surface area contributed by atoms with E-state index in [0.717, 1.165) is 5.56 Å². The summed E-state index contributed by atoms with van der Waals surface area (Å²) in [5.41, 5.74) is 2.04. The molecule has 0 spiro atoms. The maximum atomic E-state index is 12.0. The third kappa shape index (κ3) is 7.87. The van der Waals surface area contributed by atoms with Crippen LogP contribution in [0.1, 0.15) is 16.7 Å². The second-order valence-corrected chi connectivity index (χ2v) is 5.65. The zero-order valence-corrected chi connectivity index (χ0v) is 14.3. The van der Waals surface area contributed by atoms with E-state index >= 15 is 0 Å². The molecule has 2 aromatic rings. The SMILES string of the molecule is O=C(NCc1ccc(COCC(F)(F)F)cc1)C(=O)NCc1cccnc1. The highest BCUT2D eigenvalue weighted by molar-refractivity contribution is 6.35. The summed E-state index contributed by atoms with van der Waals surface area (Å²) in [5, 5.41) is 4.95. The average Bonchev–Trinajstić information content (AvgIpc) is 2.65. The Balaban J connectivity index is 1.72. The molecule has 0 saturated heterocycles. The van der Waals surface area contributed by atoms with Crippen molar-refractivity contribution in [3.8, 4) is 0 Å². The molecule has 0 aliphatic carbocycles. The standard InChI is InChI=1S/C18H18F3N3O3/c19-18(20,21)12-27-11-14-5-3-13(4-6-14)9-23-16(25)17(26)24-10-15-2-1-7-22-8-15/h1-8H,9-12H2,(H,23,25)(H,24,26). The summed E-state index contributed by atoms with van der Waals surface area (Å²) in [4.78, 5) is 27.4. The predicted octanol–water partition coefficient (Wildman–Crippen LogP) is 2.09. The fourth-order valence-electron chi connectivity index (χ4n) is 2.07. The summed E-state index contributed by atoms with van der Waals surface area (Å²) >= 11 is 0. The maximum absolute atomic E-state index is 12.0. The zero-order chi connectivity index (χ0) is 19.7. The largest absolute Gasteiger partial charge is 0.411 e. The van der Waals surface area contributed by atoms with Crippen LogP contribution in [0.5, 0.6) is 0 Å². The van der Waals surface area contributed by atoms with E-state index in [-0.39, 0.29) is 19.7 Å². The highest BCUT2D eigenvalue weighted by atomic mass is 19.4. The lowest BCUT2D eigenvalue weighted by atomic mass is 10.1. The number of amides is 2. The van der Waals surface area contributed by atoms with Gasteiger partial charge in [-0.1, -0.05) is 30.3 Å². The Labute approximate surface area is 153 Å². The fourth-order valence-corrected chi connectivity index (χ4v) is 2.07. The molecule has 1 aromatic carbocycles. The Morgan fingerprint density at radius 3 is 2.07 bits per heavy atom. The molecule has 0 fully saturated rings. The van der Waals surface area contributed by atoms with Crippen molar-refractivity contribution in [1.82, 2.24) is 15.6 Å². The molecule has 0 bridgehead atoms. The van der Waals surface area contributed by atoms with Gasteiger partial charge in [-0.2, -0.15) is 13.2 Å². The molecule has 2 rings (SSSR count). The topological polar surface area (TPSA) is 80.3 Å². The van der Waals surface area contributed by atoms with Gasteiger partial charge in [0.15, 0.2) is 0 Å². The summed E-state index contributed by atoms with van der Waals surface area (Å²) in [6.07, 6.45) is -1.17. The van der Waals surface area contributed by atoms with E-state index in [1.807, 2.05) is 0 Å². The molecule has 6 nitrogen and oxygen atoms in total. The normalized spacial score (nSPS) is 11.1. The van der Waals surface area contributed by atoms with Crippen molar-refractivity contribution in [2.24, 2.45) is 0 Å². The molecule has 1 aromatic heterocycles. The van der Waals surface area contributed by atoms with E-state index < -0.39 is 24.6 Å². The molecule has 2 amide bonds. The van der Waals surface area contributed by atoms with Crippen LogP contribution in [0.25, 0.3) is 0 Å². The van der Waals surface area contributed by atoms with Gasteiger partial charge in [0.05, 0.1) is 6.61 Å². The lowest BCUT2D eigenvalue weighted by Gasteiger charge is -2.09. The van der Waals surface area contributed by atoms with Crippen molar-refractivity contribution < 1.29 is 27.5 Å². The van der Waals surface area contributed by atoms with Gasteiger partial charge in [-0.15, -0.1) is 0 Å². The molecule has 0 saturated carbocycles. The third-order valence-electron chi connectivity index (χ3n) is 3.39. The molecule has 144 valence electrons. The Morgan fingerprint density at radius 2 is 1.52 bits per heavy atom. The molecule has 0 aliphatic heterocycles. The van der Waals surface area contributed by atoms with Crippen LogP contribution in [-0.4, -0.2) is 29.6 Å². The fraction of sp³-hybridized carbons (Fsp3) is 0.278. The van der Waals surface area contributed by atoms with Gasteiger partial charge in [0.25, 0.3) is 0 Å². The van der Waals surface area contributed by atoms with Crippen LogP contribution >= 0.6 is 0 Å². The van der Waals surface area contributed by atoms with E-state index in [9.17, 15) is 22.8 Å². The molecule has 0 aliphatic rings. The first-order chi connectivity index (χ1) is 12.8. The van der Waals surface area contributed by atoms with E-state index in [1.165, 1.54) is 0 Å². The maximum Gasteiger partial charge on any atom is 0.411 e. The summed E-state index contributed by atoms with van der Waals surface area (Å²) in [6, 6.07) is 9.96. The van der Waals surface area contributed by atoms with E-state index in [1.54, 1.807) is 48.8 Å². The van der Waals surface area contributed by atoms with Crippen molar-refractivity contribution in [2.45, 2.75) is 25.9 Å². The van der Waals surface area contributed by atoms with Crippen molar-refractivity contribution >= 4 is 11.8 Å². The second kappa shape index (κ2) is 9.67. The monoisotopic (exact) mass is 381 g/mol. The zero-order valence-electron chi connectivity index (χ0n) is 14.3. The second-order valence-electron chi connectivity index (χ2n) is 5.65. The number of carbonyl (C=O) groups excluding carboxylic acids is 2. The number of carbonyl (C=O) groups is 2. The number of nitrogens with zero attached hydrogens (tertiary/aromatic N) is 1. The molecule has 27 heavy (non-hydrogen) atoms. The third-order valence-corrected chi connectivity index (χ3v) is 3.39. The smallest absolute Gasteiger partial charge is 0.367 e. The van der Waals surface area contributed by atoms with Gasteiger partial charge in [-0.05, 0) is 22.8 Å². The number of aromatic nitrogens is 1. The molecule has 9 heteroatoms. The summed E-state index contributed by atoms with van der Waals surface area (Å²) in [5.74, 6) is -1.55. The van der Waals surface area contributed by atoms with E-state index in [0.29, 0.717) is 11.1 Å². The molecule has 0 unspecified atom stereocenters. The highest BCUT2D eigenvalue weighted by Crippen LogP contribution is 2.15. The minimum absolute atomic E-state index is 0.114. The summed E-state index contributed by atoms with van der Waals surface area (Å²) < 4.78 is 40.6. The number of halogens is 3. The molecule has 0 radical (unpaired) electrons. The lowest BCUT2D eigenvalue weighted by Crippen LogP contribution is -2.39. The molecule has 2 N–H and O–H groups in total. The number of nitrogens with one attached hydrogen (secondary N) is 2. The first-order valence-corrected chi connectivity index (χ1v) is 8.01. The molecular formula is C18H18F3N3O3. The number of pyridine rings is 1. The van der Waals surface area contributed by atoms with Crippen LogP contribution in [0.2, 0.25) is 0 Å². The Hall–Kier alpha value is -2.94. The molecule has 0 atom stereocenters. The number of ether oxygens (including phenoxy) is 1. The predicted molar refractivity (Wildman–Crippen MR) is 90.1 cm³/mol. The first kappa shape index (κ1) is 20.4. The van der Waals surface area contributed by atoms with Gasteiger partial charge in [-0.3, -0.25) is 14.6 Å². The van der Waals surface area contributed by atoms with Gasteiger partial charge in [-0.25, -0.2) is 0 Å². The van der Waals surface area contributed by atoms with Gasteiger partial charge < -0.3 is 15.4 Å². The van der Waals surface area contributed by atoms with Crippen LogP contribution in [-0.2, 0) is 34.0 Å². The quantitative estimate of drug-likeness (QED) is 0.720. The Bertz CT molecular complexity index is 750. The van der Waals surface area contributed by atoms with Crippen LogP contribution in [0, 0.1) is 0 Å². The van der Waals surface area contributed by atoms with Crippen LogP contribution in [0.3, 0.4) is 0 Å². The number of hydrogen-bond donors (Lipinski definition) is 2. The van der Waals surface area contributed by atoms with Crippen molar-refractivity contribution in [1.29, 1.82) is 0 Å². The minimum atomic E-state index is -4.36. The van der Waals surface area contributed by atoms with Crippen molar-refractivity contribution in [3.63, 3.8) is 0 Å². The number of hydrogen-bond acceptors (Lipinski definition) is 4. The lowest BCUT2D eigenvalue weighted by molar-refractivity contribution is -0.176. The van der Waals surface area contributed by atoms with E-state index in [4.69, 9.17) is 0 Å². The number of benzene rings is 1. The van der Waals surface area contributed by atoms with Gasteiger partial charge in [0.2, 0.25) is 0 Å². The van der Waals surface area contributed by atoms with Gasteiger partial charge in [0, 0.05) is 25.5 Å². The van der Waals surface area contributed by atoms with E-state index in [2.05, 4.69) is 20.4 Å². The van der Waals surface area contributed by atoms with Crippen LogP contribution < -0.4 is 10.6 Å². The summed E-state index contributed by atoms with van der Waals surface area (Å²) in [7, 11) is 0. The molecular weight excluding hydrogens is 363 g/mol. The Morgan fingerprint density at radius 1 is 0.926 bits per heavy atom. The van der Waals surface area contributed by atoms with Crippen LogP contribution in [0.4, 0.5) is 13.2 Å².